The fraction of sp³-hybridized carbons (Fsp3) is 0.280. The minimum Gasteiger partial charge on any atom is -0.480 e. The van der Waals surface area contributed by atoms with Crippen LogP contribution in [0.5, 0.6) is 11.8 Å². The lowest BCUT2D eigenvalue weighted by molar-refractivity contribution is 0.282. The minimum absolute atomic E-state index is 0.433. The predicted molar refractivity (Wildman–Crippen MR) is 119 cm³/mol. The van der Waals surface area contributed by atoms with E-state index in [-0.39, 0.29) is 0 Å². The molecule has 0 aliphatic heterocycles. The third-order valence-electron chi connectivity index (χ3n) is 5.01. The van der Waals surface area contributed by atoms with Gasteiger partial charge >= 0.3 is 0 Å². The zero-order chi connectivity index (χ0) is 20.9. The highest BCUT2D eigenvalue weighted by Gasteiger charge is 2.18. The smallest absolute Gasteiger partial charge is 0.236 e. The zero-order valence-corrected chi connectivity index (χ0v) is 17.7. The first-order valence-corrected chi connectivity index (χ1v) is 10.3. The largest absolute Gasteiger partial charge is 0.480 e. The molecule has 0 radical (unpaired) electrons. The number of nitrogens with one attached hydrogen (secondary N) is 1. The number of nitrogens with zero attached hydrogens (tertiary/aromatic N) is 2. The first-order chi connectivity index (χ1) is 14.6. The normalized spacial score (nSPS) is 11.2. The van der Waals surface area contributed by atoms with Crippen molar-refractivity contribution in [2.45, 2.75) is 33.3 Å². The zero-order valence-electron chi connectivity index (χ0n) is 17.7. The van der Waals surface area contributed by atoms with Gasteiger partial charge in [-0.25, -0.2) is 9.97 Å². The molecule has 1 N–H and O–H groups in total. The molecule has 0 aliphatic rings. The minimum atomic E-state index is 0.433. The van der Waals surface area contributed by atoms with E-state index in [4.69, 9.17) is 19.4 Å². The topological polar surface area (TPSA) is 60.0 Å². The van der Waals surface area contributed by atoms with Crippen LogP contribution in [-0.4, -0.2) is 22.1 Å². The molecular weight excluding hydrogens is 374 g/mol. The van der Waals surface area contributed by atoms with Crippen molar-refractivity contribution in [3.05, 3.63) is 83.3 Å². The molecule has 0 unspecified atom stereocenters. The van der Waals surface area contributed by atoms with Gasteiger partial charge < -0.3 is 14.5 Å². The molecule has 154 valence electrons. The van der Waals surface area contributed by atoms with Crippen LogP contribution in [0.25, 0.3) is 10.9 Å². The molecule has 0 atom stereocenters. The Hall–Kier alpha value is -3.34. The summed E-state index contributed by atoms with van der Waals surface area (Å²) in [5, 5.41) is 1.18. The van der Waals surface area contributed by atoms with Crippen molar-refractivity contribution in [3.63, 3.8) is 0 Å². The lowest BCUT2D eigenvalue weighted by atomic mass is 10.1. The van der Waals surface area contributed by atoms with Crippen molar-refractivity contribution < 1.29 is 9.47 Å². The molecule has 5 heteroatoms. The Bertz CT molecular complexity index is 1120. The van der Waals surface area contributed by atoms with E-state index in [1.807, 2.05) is 48.7 Å². The van der Waals surface area contributed by atoms with E-state index in [9.17, 15) is 0 Å². The van der Waals surface area contributed by atoms with Gasteiger partial charge in [-0.05, 0) is 29.5 Å². The van der Waals surface area contributed by atoms with Crippen molar-refractivity contribution >= 4 is 10.9 Å². The summed E-state index contributed by atoms with van der Waals surface area (Å²) in [5.74, 6) is 1.58. The van der Waals surface area contributed by atoms with Crippen LogP contribution in [0.4, 0.5) is 0 Å². The molecule has 0 spiro atoms. The van der Waals surface area contributed by atoms with E-state index in [2.05, 4.69) is 31.0 Å². The number of H-pyrrole nitrogens is 1. The Kier molecular flexibility index (Phi) is 5.98. The number of para-hydroxylation sites is 1. The first kappa shape index (κ1) is 20.0. The Morgan fingerprint density at radius 2 is 1.63 bits per heavy atom. The molecule has 4 aromatic rings. The summed E-state index contributed by atoms with van der Waals surface area (Å²) in [4.78, 5) is 13.0. The summed E-state index contributed by atoms with van der Waals surface area (Å²) in [5.41, 5.74) is 4.97. The van der Waals surface area contributed by atoms with Gasteiger partial charge in [0.2, 0.25) is 11.8 Å². The molecule has 0 saturated heterocycles. The van der Waals surface area contributed by atoms with E-state index < -0.39 is 0 Å². The van der Waals surface area contributed by atoms with Gasteiger partial charge in [-0.3, -0.25) is 0 Å². The SMILES string of the molecule is COc1nc(CC(C)C)c(OCc2ccccc2)nc1Cc1c[nH]c2ccccc12. The second kappa shape index (κ2) is 8.99. The van der Waals surface area contributed by atoms with Crippen molar-refractivity contribution in [1.82, 2.24) is 15.0 Å². The Morgan fingerprint density at radius 3 is 2.40 bits per heavy atom. The maximum absolute atomic E-state index is 6.13. The second-order valence-corrected chi connectivity index (χ2v) is 7.84. The van der Waals surface area contributed by atoms with E-state index >= 15 is 0 Å². The van der Waals surface area contributed by atoms with Crippen molar-refractivity contribution in [3.8, 4) is 11.8 Å². The Balaban J connectivity index is 1.68. The number of methoxy groups -OCH3 is 1. The summed E-state index contributed by atoms with van der Waals surface area (Å²) in [6.07, 6.45) is 3.42. The van der Waals surface area contributed by atoms with Crippen LogP contribution in [0.3, 0.4) is 0 Å². The molecule has 0 bridgehead atoms. The van der Waals surface area contributed by atoms with Crippen LogP contribution < -0.4 is 9.47 Å². The predicted octanol–water partition coefficient (Wildman–Crippen LogP) is 5.33. The van der Waals surface area contributed by atoms with Crippen LogP contribution in [0, 0.1) is 5.92 Å². The summed E-state index contributed by atoms with van der Waals surface area (Å²) >= 11 is 0. The van der Waals surface area contributed by atoms with Crippen LogP contribution in [0.1, 0.15) is 36.4 Å². The van der Waals surface area contributed by atoms with Gasteiger partial charge in [0.1, 0.15) is 18.0 Å². The quantitative estimate of drug-likeness (QED) is 0.433. The average molecular weight is 402 g/mol. The number of ether oxygens (including phenoxy) is 2. The van der Waals surface area contributed by atoms with Crippen molar-refractivity contribution in [1.29, 1.82) is 0 Å². The monoisotopic (exact) mass is 401 g/mol. The summed E-state index contributed by atoms with van der Waals surface area (Å²) in [6, 6.07) is 18.4. The fourth-order valence-electron chi connectivity index (χ4n) is 3.57. The molecule has 5 nitrogen and oxygen atoms in total. The molecule has 4 rings (SSSR count). The summed E-state index contributed by atoms with van der Waals surface area (Å²) in [7, 11) is 1.65. The van der Waals surface area contributed by atoms with Gasteiger partial charge in [0, 0.05) is 23.5 Å². The van der Waals surface area contributed by atoms with Crippen LogP contribution >= 0.6 is 0 Å². The Labute approximate surface area is 177 Å². The number of hydrogen-bond donors (Lipinski definition) is 1. The summed E-state index contributed by atoms with van der Waals surface area (Å²) < 4.78 is 11.7. The molecule has 0 fully saturated rings. The van der Waals surface area contributed by atoms with Crippen LogP contribution in [0.2, 0.25) is 0 Å². The van der Waals surface area contributed by atoms with E-state index in [0.29, 0.717) is 30.7 Å². The third kappa shape index (κ3) is 4.46. The number of aromatic amines is 1. The number of benzene rings is 2. The van der Waals surface area contributed by atoms with Gasteiger partial charge in [-0.1, -0.05) is 62.4 Å². The molecule has 2 aromatic heterocycles. The number of aromatic nitrogens is 3. The summed E-state index contributed by atoms with van der Waals surface area (Å²) in [6.45, 7) is 4.78. The van der Waals surface area contributed by atoms with Gasteiger partial charge in [0.25, 0.3) is 0 Å². The average Bonchev–Trinajstić information content (AvgIpc) is 3.16. The lowest BCUT2D eigenvalue weighted by Crippen LogP contribution is -2.10. The first-order valence-electron chi connectivity index (χ1n) is 10.3. The molecule has 0 saturated carbocycles. The maximum atomic E-state index is 6.13. The highest BCUT2D eigenvalue weighted by Crippen LogP contribution is 2.28. The third-order valence-corrected chi connectivity index (χ3v) is 5.01. The molecule has 0 aliphatic carbocycles. The van der Waals surface area contributed by atoms with Crippen molar-refractivity contribution in [2.24, 2.45) is 5.92 Å². The fourth-order valence-corrected chi connectivity index (χ4v) is 3.57. The highest BCUT2D eigenvalue weighted by molar-refractivity contribution is 5.83. The lowest BCUT2D eigenvalue weighted by Gasteiger charge is -2.15. The molecule has 30 heavy (non-hydrogen) atoms. The van der Waals surface area contributed by atoms with Gasteiger partial charge in [-0.2, -0.15) is 0 Å². The van der Waals surface area contributed by atoms with Crippen LogP contribution in [-0.2, 0) is 19.4 Å². The van der Waals surface area contributed by atoms with Gasteiger partial charge in [0.05, 0.1) is 7.11 Å². The molecule has 2 aromatic carbocycles. The highest BCUT2D eigenvalue weighted by atomic mass is 16.5. The van der Waals surface area contributed by atoms with E-state index in [1.54, 1.807) is 7.11 Å². The van der Waals surface area contributed by atoms with Crippen LogP contribution in [0.15, 0.2) is 60.8 Å². The standard InChI is InChI=1S/C25H27N3O2/c1-17(2)13-22-25(30-16-18-9-5-4-6-10-18)28-23(24(27-22)29-3)14-19-15-26-21-12-8-7-11-20(19)21/h4-12,15,17,26H,13-14,16H2,1-3H3. The number of rotatable bonds is 8. The van der Waals surface area contributed by atoms with E-state index in [0.717, 1.165) is 34.5 Å². The molecule has 2 heterocycles. The Morgan fingerprint density at radius 1 is 0.900 bits per heavy atom. The van der Waals surface area contributed by atoms with Gasteiger partial charge in [0.15, 0.2) is 0 Å². The maximum Gasteiger partial charge on any atom is 0.236 e. The van der Waals surface area contributed by atoms with E-state index in [1.165, 1.54) is 5.39 Å². The molecule has 0 amide bonds. The molecular formula is C25H27N3O2. The van der Waals surface area contributed by atoms with Gasteiger partial charge in [-0.15, -0.1) is 0 Å². The van der Waals surface area contributed by atoms with Crippen molar-refractivity contribution in [2.75, 3.05) is 7.11 Å². The number of hydrogen-bond acceptors (Lipinski definition) is 4. The number of fused-ring (bicyclic) bond motifs is 1. The second-order valence-electron chi connectivity index (χ2n) is 7.84.